The molecule has 3 aromatic heterocycles. The number of aromatic nitrogens is 6. The van der Waals surface area contributed by atoms with Crippen molar-refractivity contribution in [3.8, 4) is 5.88 Å². The Balaban J connectivity index is 1.32. The summed E-state index contributed by atoms with van der Waals surface area (Å²) in [4.78, 5) is 8.78. The Hall–Kier alpha value is -2.68. The molecule has 0 amide bonds. The molecule has 1 aliphatic rings. The summed E-state index contributed by atoms with van der Waals surface area (Å²) in [5.41, 5.74) is 1.98. The summed E-state index contributed by atoms with van der Waals surface area (Å²) in [5, 5.41) is 21.7. The molecule has 0 saturated heterocycles. The van der Waals surface area contributed by atoms with Crippen molar-refractivity contribution in [3.05, 3.63) is 45.4 Å². The molecule has 2 atom stereocenters. The van der Waals surface area contributed by atoms with Crippen LogP contribution >= 0.6 is 11.3 Å². The number of ether oxygens (including phenoxy) is 1. The molecule has 9 heteroatoms. The van der Waals surface area contributed by atoms with Crippen LogP contribution in [-0.4, -0.2) is 37.0 Å². The Morgan fingerprint density at radius 1 is 1.11 bits per heavy atom. The van der Waals surface area contributed by atoms with E-state index < -0.39 is 0 Å². The smallest absolute Gasteiger partial charge is 0.218 e. The minimum Gasteiger partial charge on any atom is -0.477 e. The van der Waals surface area contributed by atoms with Gasteiger partial charge < -0.3 is 10.1 Å². The summed E-state index contributed by atoms with van der Waals surface area (Å²) in [6, 6.07) is 5.88. The van der Waals surface area contributed by atoms with Crippen molar-refractivity contribution < 1.29 is 4.74 Å². The Kier molecular flexibility index (Phi) is 4.93. The third kappa shape index (κ3) is 4.54. The van der Waals surface area contributed by atoms with Crippen LogP contribution in [0.3, 0.4) is 0 Å². The molecule has 4 rings (SSSR count). The molecule has 0 spiro atoms. The van der Waals surface area contributed by atoms with Crippen LogP contribution in [-0.2, 0) is 6.54 Å². The summed E-state index contributed by atoms with van der Waals surface area (Å²) in [6.07, 6.45) is 1.07. The second kappa shape index (κ2) is 7.51. The first kappa shape index (κ1) is 17.7. The predicted molar refractivity (Wildman–Crippen MR) is 102 cm³/mol. The second-order valence-electron chi connectivity index (χ2n) is 6.72. The molecule has 8 nitrogen and oxygen atoms in total. The highest BCUT2D eigenvalue weighted by atomic mass is 32.1. The van der Waals surface area contributed by atoms with E-state index in [2.05, 4.69) is 41.7 Å². The zero-order chi connectivity index (χ0) is 18.8. The van der Waals surface area contributed by atoms with E-state index >= 15 is 0 Å². The maximum absolute atomic E-state index is 5.92. The highest BCUT2D eigenvalue weighted by Gasteiger charge is 2.40. The molecule has 1 saturated carbocycles. The quantitative estimate of drug-likeness (QED) is 0.665. The van der Waals surface area contributed by atoms with Crippen molar-refractivity contribution in [2.75, 3.05) is 11.9 Å². The van der Waals surface area contributed by atoms with Gasteiger partial charge in [-0.2, -0.15) is 15.2 Å². The Bertz CT molecular complexity index is 928. The van der Waals surface area contributed by atoms with Gasteiger partial charge in [0.25, 0.3) is 0 Å². The summed E-state index contributed by atoms with van der Waals surface area (Å²) in [5.74, 6) is 2.86. The van der Waals surface area contributed by atoms with E-state index in [9.17, 15) is 0 Å². The molecule has 1 fully saturated rings. The minimum atomic E-state index is 0.430. The molecule has 27 heavy (non-hydrogen) atoms. The van der Waals surface area contributed by atoms with E-state index in [1.807, 2.05) is 32.9 Å². The average molecular weight is 383 g/mol. The highest BCUT2D eigenvalue weighted by molar-refractivity contribution is 7.11. The lowest BCUT2D eigenvalue weighted by Gasteiger charge is -2.09. The van der Waals surface area contributed by atoms with Gasteiger partial charge in [-0.15, -0.1) is 10.2 Å². The highest BCUT2D eigenvalue weighted by Crippen LogP contribution is 2.46. The fraction of sp³-hybridized carbons (Fsp3) is 0.444. The van der Waals surface area contributed by atoms with Crippen LogP contribution < -0.4 is 10.1 Å². The van der Waals surface area contributed by atoms with Crippen LogP contribution in [0.5, 0.6) is 5.88 Å². The maximum atomic E-state index is 5.92. The first-order valence-electron chi connectivity index (χ1n) is 8.88. The standard InChI is InChI=1S/C18H21N7OS/c1-10-4-5-15(24-22-10)14-6-13(14)9-26-17-7-16(20-11(2)21-17)19-8-18-25-23-12(3)27-18/h4-5,7,13-14H,6,8-9H2,1-3H3,(H,19,20,21)/t13-,14+/m1/s1. The molecule has 0 unspecified atom stereocenters. The van der Waals surface area contributed by atoms with Crippen molar-refractivity contribution in [2.24, 2.45) is 5.92 Å². The van der Waals surface area contributed by atoms with Crippen LogP contribution in [0.2, 0.25) is 0 Å². The average Bonchev–Trinajstić information content (AvgIpc) is 3.30. The van der Waals surface area contributed by atoms with Gasteiger partial charge in [-0.1, -0.05) is 11.3 Å². The van der Waals surface area contributed by atoms with Gasteiger partial charge in [-0.25, -0.2) is 4.98 Å². The summed E-state index contributed by atoms with van der Waals surface area (Å²) >= 11 is 1.57. The lowest BCUT2D eigenvalue weighted by atomic mass is 10.2. The normalized spacial score (nSPS) is 18.3. The lowest BCUT2D eigenvalue weighted by Crippen LogP contribution is -2.07. The van der Waals surface area contributed by atoms with Gasteiger partial charge in [0.1, 0.15) is 21.7 Å². The number of hydrogen-bond acceptors (Lipinski definition) is 9. The minimum absolute atomic E-state index is 0.430. The third-order valence-corrected chi connectivity index (χ3v) is 5.21. The van der Waals surface area contributed by atoms with Gasteiger partial charge in [0.2, 0.25) is 5.88 Å². The Morgan fingerprint density at radius 3 is 2.74 bits per heavy atom. The number of anilines is 1. The van der Waals surface area contributed by atoms with Crippen LogP contribution in [0.25, 0.3) is 0 Å². The van der Waals surface area contributed by atoms with Crippen molar-refractivity contribution in [1.29, 1.82) is 0 Å². The molecule has 3 heterocycles. The van der Waals surface area contributed by atoms with Gasteiger partial charge in [-0.3, -0.25) is 0 Å². The molecule has 0 bridgehead atoms. The molecule has 0 aromatic carbocycles. The number of nitrogens with zero attached hydrogens (tertiary/aromatic N) is 6. The number of aryl methyl sites for hydroxylation is 3. The third-order valence-electron chi connectivity index (χ3n) is 4.37. The maximum Gasteiger partial charge on any atom is 0.218 e. The van der Waals surface area contributed by atoms with Crippen molar-refractivity contribution in [3.63, 3.8) is 0 Å². The fourth-order valence-corrected chi connectivity index (χ4v) is 3.52. The van der Waals surface area contributed by atoms with Crippen LogP contribution in [0.15, 0.2) is 18.2 Å². The largest absolute Gasteiger partial charge is 0.477 e. The van der Waals surface area contributed by atoms with E-state index in [1.54, 1.807) is 11.3 Å². The number of nitrogens with one attached hydrogen (secondary N) is 1. The monoisotopic (exact) mass is 383 g/mol. The summed E-state index contributed by atoms with van der Waals surface area (Å²) < 4.78 is 5.92. The first-order valence-corrected chi connectivity index (χ1v) is 9.70. The zero-order valence-corrected chi connectivity index (χ0v) is 16.3. The van der Waals surface area contributed by atoms with Gasteiger partial charge >= 0.3 is 0 Å². The molecule has 0 radical (unpaired) electrons. The lowest BCUT2D eigenvalue weighted by molar-refractivity contribution is 0.284. The van der Waals surface area contributed by atoms with E-state index in [4.69, 9.17) is 4.74 Å². The van der Waals surface area contributed by atoms with Gasteiger partial charge in [0.15, 0.2) is 0 Å². The summed E-state index contributed by atoms with van der Waals surface area (Å²) in [6.45, 7) is 6.94. The molecule has 140 valence electrons. The fourth-order valence-electron chi connectivity index (χ4n) is 2.87. The van der Waals surface area contributed by atoms with Crippen molar-refractivity contribution >= 4 is 17.2 Å². The molecular formula is C18H21N7OS. The van der Waals surface area contributed by atoms with Crippen LogP contribution in [0.4, 0.5) is 5.82 Å². The van der Waals surface area contributed by atoms with E-state index in [-0.39, 0.29) is 0 Å². The molecular weight excluding hydrogens is 362 g/mol. The zero-order valence-electron chi connectivity index (χ0n) is 15.5. The predicted octanol–water partition coefficient (Wildman–Crippen LogP) is 2.84. The number of hydrogen-bond donors (Lipinski definition) is 1. The first-order chi connectivity index (χ1) is 13.1. The van der Waals surface area contributed by atoms with E-state index in [1.165, 1.54) is 0 Å². The second-order valence-corrected chi connectivity index (χ2v) is 7.99. The van der Waals surface area contributed by atoms with Crippen molar-refractivity contribution in [1.82, 2.24) is 30.4 Å². The molecule has 3 aromatic rings. The molecule has 1 aliphatic carbocycles. The van der Waals surface area contributed by atoms with Gasteiger partial charge in [-0.05, 0) is 39.3 Å². The topological polar surface area (TPSA) is 98.6 Å². The van der Waals surface area contributed by atoms with Crippen molar-refractivity contribution in [2.45, 2.75) is 39.7 Å². The Morgan fingerprint density at radius 2 is 2.00 bits per heavy atom. The molecule has 1 N–H and O–H groups in total. The molecule has 0 aliphatic heterocycles. The summed E-state index contributed by atoms with van der Waals surface area (Å²) in [7, 11) is 0. The van der Waals surface area contributed by atoms with Gasteiger partial charge in [0, 0.05) is 17.9 Å². The van der Waals surface area contributed by atoms with Crippen LogP contribution in [0, 0.1) is 26.7 Å². The SMILES string of the molecule is Cc1ccc([C@H]2C[C@@H]2COc2cc(NCc3nnc(C)s3)nc(C)n2)nn1. The van der Waals surface area contributed by atoms with E-state index in [0.29, 0.717) is 36.7 Å². The Labute approximate surface area is 161 Å². The number of rotatable bonds is 7. The van der Waals surface area contributed by atoms with Crippen LogP contribution in [0.1, 0.15) is 39.6 Å². The van der Waals surface area contributed by atoms with Gasteiger partial charge in [0.05, 0.1) is 24.5 Å². The van der Waals surface area contributed by atoms with E-state index in [0.717, 1.165) is 33.6 Å².